The van der Waals surface area contributed by atoms with Crippen LogP contribution in [0.1, 0.15) is 29.3 Å². The molecular formula is C17H18OS. The van der Waals surface area contributed by atoms with Crippen LogP contribution in [0.3, 0.4) is 0 Å². The zero-order valence-corrected chi connectivity index (χ0v) is 12.0. The first-order valence-corrected chi connectivity index (χ1v) is 7.52. The molecule has 0 N–H and O–H groups in total. The summed E-state index contributed by atoms with van der Waals surface area (Å²) in [5.41, 5.74) is 2.19. The van der Waals surface area contributed by atoms with Crippen molar-refractivity contribution < 1.29 is 4.79 Å². The van der Waals surface area contributed by atoms with Crippen molar-refractivity contribution in [2.75, 3.05) is 5.75 Å². The Hall–Kier alpha value is -1.54. The van der Waals surface area contributed by atoms with Crippen molar-refractivity contribution in [3.8, 4) is 0 Å². The number of benzene rings is 2. The fourth-order valence-electron chi connectivity index (χ4n) is 1.92. The maximum Gasteiger partial charge on any atom is 0.159 e. The Morgan fingerprint density at radius 1 is 1.05 bits per heavy atom. The van der Waals surface area contributed by atoms with Gasteiger partial charge in [0.1, 0.15) is 0 Å². The molecule has 0 fully saturated rings. The topological polar surface area (TPSA) is 17.1 Å². The standard InChI is InChI=1S/C17H18OS/c1-14(18)16-10-5-11-17(13-16)19-12-6-9-15-7-3-2-4-8-15/h2-5,7-8,10-11,13H,6,9,12H2,1H3. The van der Waals surface area contributed by atoms with Gasteiger partial charge in [-0.1, -0.05) is 42.5 Å². The van der Waals surface area contributed by atoms with Gasteiger partial charge in [-0.15, -0.1) is 11.8 Å². The van der Waals surface area contributed by atoms with E-state index in [0.29, 0.717) is 0 Å². The molecule has 0 bridgehead atoms. The normalized spacial score (nSPS) is 10.4. The van der Waals surface area contributed by atoms with Crippen molar-refractivity contribution in [2.45, 2.75) is 24.7 Å². The van der Waals surface area contributed by atoms with Crippen LogP contribution in [0.2, 0.25) is 0 Å². The van der Waals surface area contributed by atoms with Crippen molar-refractivity contribution in [3.05, 3.63) is 65.7 Å². The molecule has 0 aliphatic heterocycles. The van der Waals surface area contributed by atoms with E-state index in [9.17, 15) is 4.79 Å². The first-order valence-electron chi connectivity index (χ1n) is 6.53. The summed E-state index contributed by atoms with van der Waals surface area (Å²) in [6, 6.07) is 18.4. The zero-order chi connectivity index (χ0) is 13.5. The number of ketones is 1. The summed E-state index contributed by atoms with van der Waals surface area (Å²) in [6.45, 7) is 1.61. The number of thioether (sulfide) groups is 1. The van der Waals surface area contributed by atoms with Gasteiger partial charge in [0.25, 0.3) is 0 Å². The average molecular weight is 270 g/mol. The van der Waals surface area contributed by atoms with E-state index < -0.39 is 0 Å². The number of aryl methyl sites for hydroxylation is 1. The lowest BCUT2D eigenvalue weighted by Crippen LogP contribution is -1.92. The van der Waals surface area contributed by atoms with Crippen LogP contribution in [0.5, 0.6) is 0 Å². The van der Waals surface area contributed by atoms with E-state index in [4.69, 9.17) is 0 Å². The van der Waals surface area contributed by atoms with Crippen LogP contribution in [-0.2, 0) is 6.42 Å². The molecule has 0 saturated carbocycles. The average Bonchev–Trinajstić information content (AvgIpc) is 2.45. The third kappa shape index (κ3) is 4.56. The largest absolute Gasteiger partial charge is 0.295 e. The van der Waals surface area contributed by atoms with Crippen LogP contribution in [0.15, 0.2) is 59.5 Å². The molecule has 0 amide bonds. The summed E-state index contributed by atoms with van der Waals surface area (Å²) in [6.07, 6.45) is 2.26. The van der Waals surface area contributed by atoms with Crippen molar-refractivity contribution in [2.24, 2.45) is 0 Å². The summed E-state index contributed by atoms with van der Waals surface area (Å²) < 4.78 is 0. The van der Waals surface area contributed by atoms with Crippen LogP contribution >= 0.6 is 11.8 Å². The molecule has 0 unspecified atom stereocenters. The number of rotatable bonds is 6. The van der Waals surface area contributed by atoms with Crippen molar-refractivity contribution >= 4 is 17.5 Å². The lowest BCUT2D eigenvalue weighted by atomic mass is 10.1. The van der Waals surface area contributed by atoms with E-state index in [1.807, 2.05) is 36.0 Å². The SMILES string of the molecule is CC(=O)c1cccc(SCCCc2ccccc2)c1. The second kappa shape index (κ2) is 7.15. The highest BCUT2D eigenvalue weighted by atomic mass is 32.2. The van der Waals surface area contributed by atoms with Crippen molar-refractivity contribution in [1.82, 2.24) is 0 Å². The molecule has 2 rings (SSSR count). The number of hydrogen-bond donors (Lipinski definition) is 0. The Labute approximate surface area is 119 Å². The maximum atomic E-state index is 11.3. The van der Waals surface area contributed by atoms with Gasteiger partial charge in [0.05, 0.1) is 0 Å². The fourth-order valence-corrected chi connectivity index (χ4v) is 2.83. The van der Waals surface area contributed by atoms with Crippen LogP contribution in [-0.4, -0.2) is 11.5 Å². The van der Waals surface area contributed by atoms with Crippen LogP contribution in [0.4, 0.5) is 0 Å². The third-order valence-corrected chi connectivity index (χ3v) is 4.04. The lowest BCUT2D eigenvalue weighted by molar-refractivity contribution is 0.101. The van der Waals surface area contributed by atoms with E-state index in [1.54, 1.807) is 6.92 Å². The van der Waals surface area contributed by atoms with Gasteiger partial charge in [-0.25, -0.2) is 0 Å². The highest BCUT2D eigenvalue weighted by Crippen LogP contribution is 2.21. The molecule has 0 aliphatic carbocycles. The summed E-state index contributed by atoms with van der Waals surface area (Å²) in [5, 5.41) is 0. The van der Waals surface area contributed by atoms with E-state index in [2.05, 4.69) is 30.3 Å². The quantitative estimate of drug-likeness (QED) is 0.433. The summed E-state index contributed by atoms with van der Waals surface area (Å²) in [7, 11) is 0. The fraction of sp³-hybridized carbons (Fsp3) is 0.235. The number of carbonyl (C=O) groups is 1. The predicted molar refractivity (Wildman–Crippen MR) is 81.9 cm³/mol. The molecule has 98 valence electrons. The zero-order valence-electron chi connectivity index (χ0n) is 11.1. The second-order valence-corrected chi connectivity index (χ2v) is 5.69. The Kier molecular flexibility index (Phi) is 5.22. The van der Waals surface area contributed by atoms with Gasteiger partial charge in [0.15, 0.2) is 5.78 Å². The highest BCUT2D eigenvalue weighted by Gasteiger charge is 2.01. The highest BCUT2D eigenvalue weighted by molar-refractivity contribution is 7.99. The molecule has 0 radical (unpaired) electrons. The minimum absolute atomic E-state index is 0.131. The van der Waals surface area contributed by atoms with Crippen molar-refractivity contribution in [1.29, 1.82) is 0 Å². The van der Waals surface area contributed by atoms with Crippen LogP contribution < -0.4 is 0 Å². The van der Waals surface area contributed by atoms with Gasteiger partial charge in [0, 0.05) is 10.5 Å². The minimum Gasteiger partial charge on any atom is -0.295 e. The molecule has 19 heavy (non-hydrogen) atoms. The Bertz CT molecular complexity index is 534. The molecule has 2 aromatic rings. The first kappa shape index (κ1) is 13.9. The van der Waals surface area contributed by atoms with Crippen LogP contribution in [0, 0.1) is 0 Å². The van der Waals surface area contributed by atoms with E-state index >= 15 is 0 Å². The molecule has 1 nitrogen and oxygen atoms in total. The Balaban J connectivity index is 1.80. The molecule has 0 spiro atoms. The molecule has 2 aromatic carbocycles. The van der Waals surface area contributed by atoms with Gasteiger partial charge in [0.2, 0.25) is 0 Å². The van der Waals surface area contributed by atoms with Crippen LogP contribution in [0.25, 0.3) is 0 Å². The molecule has 0 aliphatic rings. The lowest BCUT2D eigenvalue weighted by Gasteiger charge is -2.04. The molecule has 2 heteroatoms. The smallest absolute Gasteiger partial charge is 0.159 e. The molecule has 0 aromatic heterocycles. The monoisotopic (exact) mass is 270 g/mol. The number of hydrogen-bond acceptors (Lipinski definition) is 2. The second-order valence-electron chi connectivity index (χ2n) is 4.52. The van der Waals surface area contributed by atoms with Gasteiger partial charge in [-0.2, -0.15) is 0 Å². The van der Waals surface area contributed by atoms with E-state index in [1.165, 1.54) is 10.5 Å². The number of carbonyl (C=O) groups excluding carboxylic acids is 1. The van der Waals surface area contributed by atoms with E-state index in [0.717, 1.165) is 24.2 Å². The Morgan fingerprint density at radius 3 is 2.58 bits per heavy atom. The maximum absolute atomic E-state index is 11.3. The van der Waals surface area contributed by atoms with E-state index in [-0.39, 0.29) is 5.78 Å². The van der Waals surface area contributed by atoms with Gasteiger partial charge >= 0.3 is 0 Å². The van der Waals surface area contributed by atoms with Gasteiger partial charge in [-0.3, -0.25) is 4.79 Å². The molecular weight excluding hydrogens is 252 g/mol. The Morgan fingerprint density at radius 2 is 1.84 bits per heavy atom. The molecule has 0 heterocycles. The first-order chi connectivity index (χ1) is 9.25. The van der Waals surface area contributed by atoms with Crippen molar-refractivity contribution in [3.63, 3.8) is 0 Å². The molecule has 0 atom stereocenters. The summed E-state index contributed by atoms with van der Waals surface area (Å²) in [5.74, 6) is 1.21. The molecule has 0 saturated heterocycles. The summed E-state index contributed by atoms with van der Waals surface area (Å²) in [4.78, 5) is 12.5. The predicted octanol–water partition coefficient (Wildman–Crippen LogP) is 4.61. The van der Waals surface area contributed by atoms with Gasteiger partial charge < -0.3 is 0 Å². The minimum atomic E-state index is 0.131. The summed E-state index contributed by atoms with van der Waals surface area (Å²) >= 11 is 1.82. The number of Topliss-reactive ketones (excluding diaryl/α,β-unsaturated/α-hetero) is 1. The third-order valence-electron chi connectivity index (χ3n) is 2.96. The van der Waals surface area contributed by atoms with Gasteiger partial charge in [-0.05, 0) is 43.2 Å².